The molecule has 1 aromatic carbocycles. The molecule has 1 aromatic rings. The van der Waals surface area contributed by atoms with Gasteiger partial charge in [0.05, 0.1) is 36.9 Å². The Hall–Kier alpha value is -0.473. The lowest BCUT2D eigenvalue weighted by atomic mass is 10.1. The van der Waals surface area contributed by atoms with E-state index in [1.165, 1.54) is 12.7 Å². The van der Waals surface area contributed by atoms with E-state index in [1.54, 1.807) is 0 Å². The number of esters is 1. The van der Waals surface area contributed by atoms with Gasteiger partial charge in [0.15, 0.2) is 8.32 Å². The monoisotopic (exact) mass is 456 g/mol. The zero-order chi connectivity index (χ0) is 21.2. The van der Waals surface area contributed by atoms with E-state index >= 15 is 0 Å². The van der Waals surface area contributed by atoms with Crippen molar-refractivity contribution < 1.29 is 18.7 Å². The van der Waals surface area contributed by atoms with Crippen LogP contribution in [0.15, 0.2) is 30.3 Å². The van der Waals surface area contributed by atoms with Crippen LogP contribution in [-0.4, -0.2) is 49.7 Å². The zero-order valence-electron chi connectivity index (χ0n) is 18.3. The van der Waals surface area contributed by atoms with Crippen LogP contribution in [0.5, 0.6) is 0 Å². The summed E-state index contributed by atoms with van der Waals surface area (Å²) in [5.74, 6) is 2.00. The molecule has 1 atom stereocenters. The number of hydrogen-bond acceptors (Lipinski definition) is 6. The molecule has 0 amide bonds. The molecule has 1 aliphatic heterocycles. The third-order valence-electron chi connectivity index (χ3n) is 5.76. The lowest BCUT2D eigenvalue weighted by molar-refractivity contribution is -0.140. The molecule has 7 heteroatoms. The quantitative estimate of drug-likeness (QED) is 0.279. The topological polar surface area (TPSA) is 44.8 Å². The molecule has 1 fully saturated rings. The maximum absolute atomic E-state index is 12.1. The molecular weight excluding hydrogens is 420 g/mol. The van der Waals surface area contributed by atoms with Crippen LogP contribution in [0.3, 0.4) is 0 Å². The number of thioether (sulfide) groups is 2. The number of benzene rings is 1. The van der Waals surface area contributed by atoms with Crippen molar-refractivity contribution in [2.75, 3.05) is 25.2 Å². The molecule has 0 bridgehead atoms. The Morgan fingerprint density at radius 2 is 1.72 bits per heavy atom. The summed E-state index contributed by atoms with van der Waals surface area (Å²) in [7, 11) is -0.305. The van der Waals surface area contributed by atoms with Crippen molar-refractivity contribution in [3.63, 3.8) is 0 Å². The minimum absolute atomic E-state index is 0.00739. The highest BCUT2D eigenvalue weighted by Crippen LogP contribution is 2.50. The Balaban J connectivity index is 2.10. The SMILES string of the molecule is CC[Si](CC)(CC)O[C@@H](COCc1ccccc1)CC1(CC(=O)OC)SCCS1. The Morgan fingerprint density at radius 3 is 2.28 bits per heavy atom. The smallest absolute Gasteiger partial charge is 0.307 e. The van der Waals surface area contributed by atoms with Crippen LogP contribution in [0, 0.1) is 0 Å². The predicted octanol–water partition coefficient (Wildman–Crippen LogP) is 5.72. The molecule has 0 radical (unpaired) electrons. The average Bonchev–Trinajstić information content (AvgIpc) is 3.20. The van der Waals surface area contributed by atoms with Gasteiger partial charge in [-0.2, -0.15) is 0 Å². The van der Waals surface area contributed by atoms with Crippen molar-refractivity contribution in [3.05, 3.63) is 35.9 Å². The highest BCUT2D eigenvalue weighted by atomic mass is 32.2. The van der Waals surface area contributed by atoms with Gasteiger partial charge in [-0.15, -0.1) is 23.5 Å². The van der Waals surface area contributed by atoms with Gasteiger partial charge < -0.3 is 13.9 Å². The number of hydrogen-bond donors (Lipinski definition) is 0. The van der Waals surface area contributed by atoms with E-state index in [9.17, 15) is 4.79 Å². The molecule has 29 heavy (non-hydrogen) atoms. The standard InChI is InChI=1S/C22H36O4S2Si/c1-5-29(6-2,7-3)26-20(18-25-17-19-11-9-8-10-12-19)15-22(16-21(23)24-4)27-13-14-28-22/h8-12,20H,5-7,13-18H2,1-4H3/t20-/m1/s1. The van der Waals surface area contributed by atoms with E-state index in [0.29, 0.717) is 19.6 Å². The summed E-state index contributed by atoms with van der Waals surface area (Å²) in [5.41, 5.74) is 1.17. The second-order valence-electron chi connectivity index (χ2n) is 7.55. The van der Waals surface area contributed by atoms with Crippen LogP contribution in [0.1, 0.15) is 39.2 Å². The molecule has 0 aromatic heterocycles. The molecule has 0 aliphatic carbocycles. The van der Waals surface area contributed by atoms with Gasteiger partial charge in [0.1, 0.15) is 0 Å². The van der Waals surface area contributed by atoms with Crippen molar-refractivity contribution in [3.8, 4) is 0 Å². The van der Waals surface area contributed by atoms with Crippen molar-refractivity contribution in [2.24, 2.45) is 0 Å². The number of ether oxygens (including phenoxy) is 2. The van der Waals surface area contributed by atoms with E-state index in [1.807, 2.05) is 41.7 Å². The first-order chi connectivity index (χ1) is 14.0. The Morgan fingerprint density at radius 1 is 1.10 bits per heavy atom. The largest absolute Gasteiger partial charge is 0.469 e. The fourth-order valence-electron chi connectivity index (χ4n) is 3.80. The van der Waals surface area contributed by atoms with Gasteiger partial charge in [-0.25, -0.2) is 0 Å². The summed E-state index contributed by atoms with van der Waals surface area (Å²) < 4.78 is 17.8. The summed E-state index contributed by atoms with van der Waals surface area (Å²) in [6.07, 6.45) is 1.25. The van der Waals surface area contributed by atoms with E-state index in [4.69, 9.17) is 13.9 Å². The Labute approximate surface area is 186 Å². The zero-order valence-corrected chi connectivity index (χ0v) is 20.9. The number of rotatable bonds is 13. The van der Waals surface area contributed by atoms with Crippen LogP contribution < -0.4 is 0 Å². The first kappa shape index (κ1) is 24.8. The normalized spacial score (nSPS) is 17.2. The van der Waals surface area contributed by atoms with E-state index in [-0.39, 0.29) is 16.2 Å². The van der Waals surface area contributed by atoms with E-state index < -0.39 is 8.32 Å². The van der Waals surface area contributed by atoms with Crippen LogP contribution in [0.4, 0.5) is 0 Å². The molecule has 164 valence electrons. The predicted molar refractivity (Wildman–Crippen MR) is 127 cm³/mol. The summed E-state index contributed by atoms with van der Waals surface area (Å²) in [4.78, 5) is 12.1. The highest BCUT2D eigenvalue weighted by molar-refractivity contribution is 8.21. The molecule has 0 N–H and O–H groups in total. The molecule has 1 aliphatic rings. The van der Waals surface area contributed by atoms with Crippen LogP contribution in [0.25, 0.3) is 0 Å². The summed E-state index contributed by atoms with van der Waals surface area (Å²) in [5, 5.41) is 0. The second-order valence-corrected chi connectivity index (χ2v) is 15.5. The van der Waals surface area contributed by atoms with Crippen LogP contribution >= 0.6 is 23.5 Å². The van der Waals surface area contributed by atoms with Crippen molar-refractivity contribution >= 4 is 37.8 Å². The lowest BCUT2D eigenvalue weighted by Crippen LogP contribution is -2.44. The maximum Gasteiger partial charge on any atom is 0.307 e. The molecule has 0 spiro atoms. The van der Waals surface area contributed by atoms with Gasteiger partial charge in [-0.1, -0.05) is 51.1 Å². The molecule has 0 unspecified atom stereocenters. The number of carbonyl (C=O) groups is 1. The fraction of sp³-hybridized carbons (Fsp3) is 0.682. The first-order valence-corrected chi connectivity index (χ1v) is 15.1. The van der Waals surface area contributed by atoms with E-state index in [2.05, 4.69) is 32.9 Å². The Kier molecular flexibility index (Phi) is 10.6. The minimum Gasteiger partial charge on any atom is -0.469 e. The molecule has 1 saturated heterocycles. The third kappa shape index (κ3) is 7.62. The van der Waals surface area contributed by atoms with E-state index in [0.717, 1.165) is 36.1 Å². The van der Waals surface area contributed by atoms with Crippen LogP contribution in [-0.2, 0) is 25.3 Å². The van der Waals surface area contributed by atoms with Gasteiger partial charge in [-0.05, 0) is 30.1 Å². The van der Waals surface area contributed by atoms with Crippen molar-refractivity contribution in [1.29, 1.82) is 0 Å². The lowest BCUT2D eigenvalue weighted by Gasteiger charge is -2.37. The molecule has 4 nitrogen and oxygen atoms in total. The minimum atomic E-state index is -1.78. The van der Waals surface area contributed by atoms with Gasteiger partial charge in [0.2, 0.25) is 0 Å². The van der Waals surface area contributed by atoms with Crippen LogP contribution in [0.2, 0.25) is 18.1 Å². The fourth-order valence-corrected chi connectivity index (χ4v) is 9.95. The first-order valence-electron chi connectivity index (χ1n) is 10.6. The van der Waals surface area contributed by atoms with Crippen molar-refractivity contribution in [2.45, 2.75) is 68.5 Å². The second kappa shape index (κ2) is 12.4. The van der Waals surface area contributed by atoms with Gasteiger partial charge in [0.25, 0.3) is 0 Å². The molecule has 0 saturated carbocycles. The van der Waals surface area contributed by atoms with Gasteiger partial charge in [-0.3, -0.25) is 4.79 Å². The summed E-state index contributed by atoms with van der Waals surface area (Å²) in [6.45, 7) is 7.91. The summed E-state index contributed by atoms with van der Waals surface area (Å²) >= 11 is 3.76. The molecular formula is C22H36O4S2Si. The summed E-state index contributed by atoms with van der Waals surface area (Å²) in [6, 6.07) is 13.6. The molecule has 2 rings (SSSR count). The van der Waals surface area contributed by atoms with Crippen molar-refractivity contribution in [1.82, 2.24) is 0 Å². The highest BCUT2D eigenvalue weighted by Gasteiger charge is 2.42. The van der Waals surface area contributed by atoms with Gasteiger partial charge >= 0.3 is 5.97 Å². The average molecular weight is 457 g/mol. The number of methoxy groups -OCH3 is 1. The molecule has 1 heterocycles. The third-order valence-corrected chi connectivity index (χ3v) is 13.9. The number of carbonyl (C=O) groups excluding carboxylic acids is 1. The van der Waals surface area contributed by atoms with Gasteiger partial charge in [0, 0.05) is 11.5 Å². The Bertz CT molecular complexity index is 596. The maximum atomic E-state index is 12.1.